The molecule has 2 aliphatic rings. The van der Waals surface area contributed by atoms with Crippen molar-refractivity contribution in [1.82, 2.24) is 24.4 Å². The lowest BCUT2D eigenvalue weighted by molar-refractivity contribution is -0.133. The minimum Gasteiger partial charge on any atom is -0.342 e. The number of amides is 1. The lowest BCUT2D eigenvalue weighted by atomic mass is 9.82. The second kappa shape index (κ2) is 7.82. The molecule has 0 unspecified atom stereocenters. The summed E-state index contributed by atoms with van der Waals surface area (Å²) in [6.07, 6.45) is 10.5. The summed E-state index contributed by atoms with van der Waals surface area (Å²) in [5.41, 5.74) is 3.73. The Kier molecular flexibility index (Phi) is 4.86. The minimum absolute atomic E-state index is 0.0310. The Morgan fingerprint density at radius 1 is 1.03 bits per heavy atom. The first-order chi connectivity index (χ1) is 14.7. The predicted octanol–water partition coefficient (Wildman–Crippen LogP) is 2.28. The Bertz CT molecular complexity index is 1110. The molecule has 0 aliphatic carbocycles. The van der Waals surface area contributed by atoms with Gasteiger partial charge >= 0.3 is 0 Å². The van der Waals surface area contributed by atoms with Crippen molar-refractivity contribution in [2.45, 2.75) is 31.7 Å². The van der Waals surface area contributed by atoms with Crippen LogP contribution in [-0.4, -0.2) is 43.4 Å². The van der Waals surface area contributed by atoms with Gasteiger partial charge in [0.25, 0.3) is 5.56 Å². The standard InChI is InChI=1S/C23H23N5O2/c29-22(4-3-20-12-25-6-7-26-20)27-13-16-8-19(15-27)21-9-18(10-23(30)28(21)14-16)17-2-1-5-24-11-17/h1-2,5-7,9-12,16,19H,3-4,8,13-15H2/t16-,19+/m0/s1. The van der Waals surface area contributed by atoms with Crippen molar-refractivity contribution in [2.75, 3.05) is 13.1 Å². The molecule has 5 heterocycles. The summed E-state index contributed by atoms with van der Waals surface area (Å²) in [5.74, 6) is 0.649. The smallest absolute Gasteiger partial charge is 0.251 e. The van der Waals surface area contributed by atoms with Gasteiger partial charge in [-0.2, -0.15) is 0 Å². The summed E-state index contributed by atoms with van der Waals surface area (Å²) in [6.45, 7) is 2.05. The first-order valence-electron chi connectivity index (χ1n) is 10.4. The molecule has 0 saturated carbocycles. The Morgan fingerprint density at radius 3 is 2.73 bits per heavy atom. The molecule has 0 N–H and O–H groups in total. The summed E-state index contributed by atoms with van der Waals surface area (Å²) in [5, 5.41) is 0. The van der Waals surface area contributed by atoms with E-state index in [1.54, 1.807) is 37.1 Å². The number of carbonyl (C=O) groups is 1. The van der Waals surface area contributed by atoms with Gasteiger partial charge in [-0.3, -0.25) is 24.5 Å². The SMILES string of the molecule is O=C(CCc1cnccn1)N1C[C@@H]2C[C@H](C1)c1cc(-c3cccnc3)cc(=O)n1C2. The molecule has 30 heavy (non-hydrogen) atoms. The van der Waals surface area contributed by atoms with Crippen molar-refractivity contribution in [3.8, 4) is 11.1 Å². The van der Waals surface area contributed by atoms with Gasteiger partial charge in [-0.15, -0.1) is 0 Å². The molecule has 7 nitrogen and oxygen atoms in total. The molecule has 2 aliphatic heterocycles. The number of aryl methyl sites for hydroxylation is 1. The molecule has 0 aromatic carbocycles. The average Bonchev–Trinajstić information content (AvgIpc) is 2.79. The summed E-state index contributed by atoms with van der Waals surface area (Å²) in [7, 11) is 0. The third-order valence-electron chi connectivity index (χ3n) is 6.12. The van der Waals surface area contributed by atoms with E-state index in [0.717, 1.165) is 28.9 Å². The topological polar surface area (TPSA) is 81.0 Å². The van der Waals surface area contributed by atoms with Crippen LogP contribution in [0.2, 0.25) is 0 Å². The van der Waals surface area contributed by atoms with Crippen LogP contribution in [0.1, 0.15) is 30.1 Å². The number of rotatable bonds is 4. The normalized spacial score (nSPS) is 19.9. The number of fused-ring (bicyclic) bond motifs is 4. The van der Waals surface area contributed by atoms with Gasteiger partial charge < -0.3 is 9.47 Å². The van der Waals surface area contributed by atoms with E-state index in [4.69, 9.17) is 0 Å². The third kappa shape index (κ3) is 3.63. The number of pyridine rings is 2. The number of hydrogen-bond acceptors (Lipinski definition) is 5. The number of piperidine rings is 1. The zero-order valence-electron chi connectivity index (χ0n) is 16.6. The van der Waals surface area contributed by atoms with Crippen molar-refractivity contribution < 1.29 is 4.79 Å². The number of carbonyl (C=O) groups excluding carboxylic acids is 1. The number of likely N-dealkylation sites (tertiary alicyclic amines) is 1. The molecule has 3 aromatic rings. The van der Waals surface area contributed by atoms with Crippen molar-refractivity contribution in [3.05, 3.63) is 77.0 Å². The van der Waals surface area contributed by atoms with Crippen LogP contribution >= 0.6 is 0 Å². The number of hydrogen-bond donors (Lipinski definition) is 0. The van der Waals surface area contributed by atoms with Gasteiger partial charge in [0.05, 0.1) is 5.69 Å². The van der Waals surface area contributed by atoms with E-state index in [-0.39, 0.29) is 17.4 Å². The van der Waals surface area contributed by atoms with Gasteiger partial charge in [0, 0.05) is 80.3 Å². The molecule has 2 atom stereocenters. The molecular weight excluding hydrogens is 378 g/mol. The molecule has 2 bridgehead atoms. The monoisotopic (exact) mass is 401 g/mol. The second-order valence-electron chi connectivity index (χ2n) is 8.15. The van der Waals surface area contributed by atoms with Gasteiger partial charge in [-0.1, -0.05) is 6.07 Å². The Hall–Kier alpha value is -3.35. The van der Waals surface area contributed by atoms with Crippen LogP contribution in [0.3, 0.4) is 0 Å². The van der Waals surface area contributed by atoms with Crippen LogP contribution in [-0.2, 0) is 17.8 Å². The Morgan fingerprint density at radius 2 is 1.93 bits per heavy atom. The van der Waals surface area contributed by atoms with Crippen LogP contribution in [0, 0.1) is 5.92 Å². The van der Waals surface area contributed by atoms with E-state index in [9.17, 15) is 9.59 Å². The maximum atomic E-state index is 12.9. The fourth-order valence-electron chi connectivity index (χ4n) is 4.72. The maximum Gasteiger partial charge on any atom is 0.251 e. The zero-order chi connectivity index (χ0) is 20.5. The van der Waals surface area contributed by atoms with Crippen LogP contribution in [0.25, 0.3) is 11.1 Å². The van der Waals surface area contributed by atoms with E-state index in [2.05, 4.69) is 21.0 Å². The van der Waals surface area contributed by atoms with Crippen LogP contribution in [0.15, 0.2) is 60.0 Å². The fourth-order valence-corrected chi connectivity index (χ4v) is 4.72. The van der Waals surface area contributed by atoms with Gasteiger partial charge in [-0.05, 0) is 36.5 Å². The maximum absolute atomic E-state index is 12.9. The summed E-state index contributed by atoms with van der Waals surface area (Å²) in [4.78, 5) is 40.1. The van der Waals surface area contributed by atoms with Crippen LogP contribution in [0.5, 0.6) is 0 Å². The van der Waals surface area contributed by atoms with Crippen molar-refractivity contribution in [2.24, 2.45) is 5.92 Å². The van der Waals surface area contributed by atoms with Gasteiger partial charge in [0.2, 0.25) is 5.91 Å². The molecule has 3 aromatic heterocycles. The van der Waals surface area contributed by atoms with E-state index in [1.807, 2.05) is 21.6 Å². The highest BCUT2D eigenvalue weighted by atomic mass is 16.2. The molecule has 7 heteroatoms. The molecule has 1 amide bonds. The largest absolute Gasteiger partial charge is 0.342 e. The second-order valence-corrected chi connectivity index (χ2v) is 8.15. The summed E-state index contributed by atoms with van der Waals surface area (Å²) < 4.78 is 1.90. The summed E-state index contributed by atoms with van der Waals surface area (Å²) in [6, 6.07) is 7.65. The average molecular weight is 401 g/mol. The van der Waals surface area contributed by atoms with E-state index >= 15 is 0 Å². The molecule has 0 spiro atoms. The van der Waals surface area contributed by atoms with Gasteiger partial charge in [-0.25, -0.2) is 0 Å². The molecular formula is C23H23N5O2. The van der Waals surface area contributed by atoms with E-state index in [0.29, 0.717) is 38.4 Å². The van der Waals surface area contributed by atoms with Crippen LogP contribution < -0.4 is 5.56 Å². The lowest BCUT2D eigenvalue weighted by Gasteiger charge is -2.43. The quantitative estimate of drug-likeness (QED) is 0.670. The Balaban J connectivity index is 1.36. The predicted molar refractivity (Wildman–Crippen MR) is 112 cm³/mol. The highest BCUT2D eigenvalue weighted by Crippen LogP contribution is 2.36. The van der Waals surface area contributed by atoms with Crippen molar-refractivity contribution in [3.63, 3.8) is 0 Å². The molecule has 1 saturated heterocycles. The molecule has 5 rings (SSSR count). The van der Waals surface area contributed by atoms with Gasteiger partial charge in [0.15, 0.2) is 0 Å². The molecule has 0 radical (unpaired) electrons. The zero-order valence-corrected chi connectivity index (χ0v) is 16.6. The third-order valence-corrected chi connectivity index (χ3v) is 6.12. The van der Waals surface area contributed by atoms with E-state index in [1.165, 1.54) is 0 Å². The molecule has 152 valence electrons. The van der Waals surface area contributed by atoms with Crippen molar-refractivity contribution in [1.29, 1.82) is 0 Å². The Labute approximate surface area is 174 Å². The number of aromatic nitrogens is 4. The molecule has 1 fully saturated rings. The van der Waals surface area contributed by atoms with E-state index < -0.39 is 0 Å². The first-order valence-corrected chi connectivity index (χ1v) is 10.4. The lowest BCUT2D eigenvalue weighted by Crippen LogP contribution is -2.49. The number of nitrogens with zero attached hydrogens (tertiary/aromatic N) is 5. The van der Waals surface area contributed by atoms with Crippen molar-refractivity contribution >= 4 is 5.91 Å². The van der Waals surface area contributed by atoms with Crippen LogP contribution in [0.4, 0.5) is 0 Å². The van der Waals surface area contributed by atoms with Gasteiger partial charge in [0.1, 0.15) is 0 Å². The summed E-state index contributed by atoms with van der Waals surface area (Å²) >= 11 is 0. The highest BCUT2D eigenvalue weighted by molar-refractivity contribution is 5.76. The first kappa shape index (κ1) is 18.7. The minimum atomic E-state index is 0.0310. The highest BCUT2D eigenvalue weighted by Gasteiger charge is 2.36. The fraction of sp³-hybridized carbons (Fsp3) is 0.348.